The topological polar surface area (TPSA) is 118 Å². The quantitative estimate of drug-likeness (QED) is 0.360. The first-order valence-corrected chi connectivity index (χ1v) is 15.4. The molecule has 9 heteroatoms. The van der Waals surface area contributed by atoms with E-state index in [0.717, 1.165) is 51.4 Å². The standard InChI is InChI=1S/C27H47NO6S.Na/c1-17(5-8-24(31)28(4)13-14-35(32,33)34)20-6-7-21-25-22(10-12-27(20,21)3)26(2)11-9-19(29)15-18(26)16-23(25)30;/h17-23,25,29-30H,5-16H2,1-4H3,(H,32,33,34);/q;+1/p-1/t17-,18?,19-,20-,21?,22?,23-,25?,26+,27-;/m1./s1. The summed E-state index contributed by atoms with van der Waals surface area (Å²) in [5, 5.41) is 21.7. The molecule has 10 atom stereocenters. The zero-order valence-corrected chi connectivity index (χ0v) is 25.8. The fourth-order valence-corrected chi connectivity index (χ4v) is 9.79. The van der Waals surface area contributed by atoms with Crippen LogP contribution in [0.2, 0.25) is 0 Å². The van der Waals surface area contributed by atoms with Gasteiger partial charge in [-0.15, -0.1) is 0 Å². The van der Waals surface area contributed by atoms with Crippen LogP contribution in [0.1, 0.15) is 85.0 Å². The molecule has 0 aromatic carbocycles. The van der Waals surface area contributed by atoms with Gasteiger partial charge in [-0.3, -0.25) is 4.79 Å². The van der Waals surface area contributed by atoms with E-state index in [4.69, 9.17) is 0 Å². The summed E-state index contributed by atoms with van der Waals surface area (Å²) in [6.07, 6.45) is 8.83. The van der Waals surface area contributed by atoms with E-state index in [1.165, 1.54) is 11.3 Å². The molecule has 4 aliphatic rings. The Balaban J connectivity index is 0.00000361. The summed E-state index contributed by atoms with van der Waals surface area (Å²) < 4.78 is 32.6. The summed E-state index contributed by atoms with van der Waals surface area (Å²) in [7, 11) is -2.76. The molecule has 36 heavy (non-hydrogen) atoms. The molecule has 0 bridgehead atoms. The molecule has 4 aliphatic carbocycles. The Bertz CT molecular complexity index is 901. The summed E-state index contributed by atoms with van der Waals surface area (Å²) in [5.41, 5.74) is 0.396. The van der Waals surface area contributed by atoms with Crippen molar-refractivity contribution in [1.82, 2.24) is 4.90 Å². The fraction of sp³-hybridized carbons (Fsp3) is 0.963. The molecule has 7 nitrogen and oxygen atoms in total. The van der Waals surface area contributed by atoms with Crippen LogP contribution >= 0.6 is 0 Å². The van der Waals surface area contributed by atoms with Gasteiger partial charge in [-0.2, -0.15) is 0 Å². The number of carbonyl (C=O) groups is 1. The molecule has 4 rings (SSSR count). The number of amides is 1. The van der Waals surface area contributed by atoms with Crippen molar-refractivity contribution in [2.24, 2.45) is 46.3 Å². The Morgan fingerprint density at radius 3 is 2.36 bits per heavy atom. The third-order valence-corrected chi connectivity index (χ3v) is 12.0. The molecule has 0 aliphatic heterocycles. The van der Waals surface area contributed by atoms with Crippen LogP contribution < -0.4 is 29.6 Å². The number of rotatable bonds is 7. The van der Waals surface area contributed by atoms with Gasteiger partial charge in [0, 0.05) is 20.0 Å². The van der Waals surface area contributed by atoms with Gasteiger partial charge in [0.15, 0.2) is 0 Å². The Morgan fingerprint density at radius 1 is 1.06 bits per heavy atom. The normalized spacial score (nSPS) is 42.9. The molecular weight excluding hydrogens is 489 g/mol. The molecule has 4 saturated carbocycles. The maximum Gasteiger partial charge on any atom is 1.00 e. The van der Waals surface area contributed by atoms with Crippen molar-refractivity contribution < 1.29 is 57.5 Å². The van der Waals surface area contributed by atoms with Crippen molar-refractivity contribution in [3.05, 3.63) is 0 Å². The van der Waals surface area contributed by atoms with Crippen LogP contribution in [0.3, 0.4) is 0 Å². The van der Waals surface area contributed by atoms with E-state index in [9.17, 15) is 28.0 Å². The summed E-state index contributed by atoms with van der Waals surface area (Å²) in [6, 6.07) is 0. The first kappa shape index (κ1) is 30.8. The SMILES string of the molecule is C[C@H](CCC(=O)N(C)CCS(=O)(=O)[O-])[C@H]1CCC2C3C(CC[C@@]21C)[C@@]1(C)CC[C@@H](O)CC1C[C@H]3O.[Na+]. The van der Waals surface area contributed by atoms with Crippen molar-refractivity contribution in [2.75, 3.05) is 19.3 Å². The first-order valence-electron chi connectivity index (χ1n) is 13.8. The minimum atomic E-state index is -4.32. The molecule has 0 spiro atoms. The van der Waals surface area contributed by atoms with E-state index < -0.39 is 15.9 Å². The summed E-state index contributed by atoms with van der Waals surface area (Å²) in [4.78, 5) is 13.9. The van der Waals surface area contributed by atoms with Crippen molar-refractivity contribution in [2.45, 2.75) is 97.2 Å². The maximum atomic E-state index is 12.5. The van der Waals surface area contributed by atoms with E-state index in [2.05, 4.69) is 20.8 Å². The molecule has 1 amide bonds. The van der Waals surface area contributed by atoms with Crippen molar-refractivity contribution in [3.63, 3.8) is 0 Å². The fourth-order valence-electron chi connectivity index (χ4n) is 9.29. The predicted octanol–water partition coefficient (Wildman–Crippen LogP) is 0.401. The first-order chi connectivity index (χ1) is 16.3. The smallest absolute Gasteiger partial charge is 0.748 e. The third-order valence-electron chi connectivity index (χ3n) is 11.3. The van der Waals surface area contributed by atoms with Crippen LogP contribution in [0.25, 0.3) is 0 Å². The predicted molar refractivity (Wildman–Crippen MR) is 133 cm³/mol. The Hall–Kier alpha value is 0.300. The summed E-state index contributed by atoms with van der Waals surface area (Å²) in [6.45, 7) is 7.06. The van der Waals surface area contributed by atoms with Gasteiger partial charge in [0.2, 0.25) is 5.91 Å². The van der Waals surface area contributed by atoms with Gasteiger partial charge in [-0.1, -0.05) is 20.8 Å². The number of nitrogens with zero attached hydrogens (tertiary/aromatic N) is 1. The van der Waals surface area contributed by atoms with E-state index in [1.54, 1.807) is 7.05 Å². The number of fused-ring (bicyclic) bond motifs is 5. The van der Waals surface area contributed by atoms with Crippen LogP contribution in [0.5, 0.6) is 0 Å². The minimum absolute atomic E-state index is 0. The maximum absolute atomic E-state index is 12.5. The molecule has 202 valence electrons. The van der Waals surface area contributed by atoms with Gasteiger partial charge in [0.05, 0.1) is 28.1 Å². The number of carbonyl (C=O) groups excluding carboxylic acids is 1. The van der Waals surface area contributed by atoms with Gasteiger partial charge < -0.3 is 19.7 Å². The van der Waals surface area contributed by atoms with Gasteiger partial charge in [0.25, 0.3) is 0 Å². The second-order valence-corrected chi connectivity index (χ2v) is 14.6. The minimum Gasteiger partial charge on any atom is -0.748 e. The van der Waals surface area contributed by atoms with Crippen LogP contribution in [0.15, 0.2) is 0 Å². The molecule has 0 aromatic heterocycles. The Kier molecular flexibility index (Phi) is 9.78. The molecule has 0 heterocycles. The van der Waals surface area contributed by atoms with Crippen LogP contribution in [-0.2, 0) is 14.9 Å². The summed E-state index contributed by atoms with van der Waals surface area (Å²) >= 11 is 0. The van der Waals surface area contributed by atoms with E-state index in [-0.39, 0.29) is 65.0 Å². The van der Waals surface area contributed by atoms with Gasteiger partial charge >= 0.3 is 29.6 Å². The number of aliphatic hydroxyl groups is 2. The second kappa shape index (κ2) is 11.4. The number of aliphatic hydroxyl groups excluding tert-OH is 2. The number of hydrogen-bond acceptors (Lipinski definition) is 6. The van der Waals surface area contributed by atoms with Gasteiger partial charge in [0.1, 0.15) is 0 Å². The van der Waals surface area contributed by atoms with Gasteiger partial charge in [-0.05, 0) is 104 Å². The van der Waals surface area contributed by atoms with E-state index >= 15 is 0 Å². The molecule has 4 unspecified atom stereocenters. The molecule has 0 aromatic rings. The van der Waals surface area contributed by atoms with Crippen molar-refractivity contribution in [1.29, 1.82) is 0 Å². The average Bonchev–Trinajstić information content (AvgIpc) is 3.13. The molecular formula is C27H46NNaO6S. The van der Waals surface area contributed by atoms with Crippen LogP contribution in [0.4, 0.5) is 0 Å². The average molecular weight is 536 g/mol. The summed E-state index contributed by atoms with van der Waals surface area (Å²) in [5.74, 6) is 2.03. The monoisotopic (exact) mass is 535 g/mol. The largest absolute Gasteiger partial charge is 1.00 e. The Morgan fingerprint density at radius 2 is 1.69 bits per heavy atom. The molecule has 4 fully saturated rings. The van der Waals surface area contributed by atoms with Crippen molar-refractivity contribution in [3.8, 4) is 0 Å². The zero-order valence-electron chi connectivity index (χ0n) is 23.0. The molecule has 0 radical (unpaired) electrons. The van der Waals surface area contributed by atoms with Crippen molar-refractivity contribution >= 4 is 16.0 Å². The third kappa shape index (κ3) is 5.90. The number of hydrogen-bond donors (Lipinski definition) is 2. The van der Waals surface area contributed by atoms with E-state index in [1.807, 2.05) is 0 Å². The van der Waals surface area contributed by atoms with Crippen LogP contribution in [0, 0.1) is 46.3 Å². The van der Waals surface area contributed by atoms with Gasteiger partial charge in [-0.25, -0.2) is 8.42 Å². The molecule has 0 saturated heterocycles. The van der Waals surface area contributed by atoms with Crippen LogP contribution in [-0.4, -0.2) is 65.5 Å². The molecule has 2 N–H and O–H groups in total. The van der Waals surface area contributed by atoms with E-state index in [0.29, 0.717) is 41.9 Å². The Labute approximate surface area is 240 Å². The zero-order chi connectivity index (χ0) is 25.8. The second-order valence-electron chi connectivity index (χ2n) is 13.0.